The minimum Gasteiger partial charge on any atom is -0.394 e. The monoisotopic (exact) mass is 354 g/mol. The highest BCUT2D eigenvalue weighted by atomic mass is 16.7. The molecule has 0 saturated carbocycles. The van der Waals surface area contributed by atoms with Gasteiger partial charge in [-0.25, -0.2) is 0 Å². The number of hydrogen-bond donors (Lipinski definition) is 7. The molecule has 24 heavy (non-hydrogen) atoms. The van der Waals surface area contributed by atoms with Crippen LogP contribution < -0.4 is 0 Å². The number of methoxy groups -OCH3 is 1. The number of rotatable bonds is 5. The quantitative estimate of drug-likeness (QED) is 0.259. The van der Waals surface area contributed by atoms with Crippen LogP contribution in [0, 0.1) is 0 Å². The zero-order chi connectivity index (χ0) is 18.0. The summed E-state index contributed by atoms with van der Waals surface area (Å²) >= 11 is 0. The third kappa shape index (κ3) is 3.88. The molecular weight excluding hydrogens is 328 g/mol. The van der Waals surface area contributed by atoms with Crippen LogP contribution >= 0.6 is 0 Å². The molecule has 0 aromatic rings. The standard InChI is InChI=1S/C14H26O10/c1-22-14-13(21)12(20)9(17)6(24-14)3-2-5-8(16)11(19)10(18)7(4-15)23-5/h5-21H,2-4H2,1H3/t5?,6-,7?,8+,9-,10-,11-,12+,13-,14+/m1/s1. The summed E-state index contributed by atoms with van der Waals surface area (Å²) < 4.78 is 15.6. The van der Waals surface area contributed by atoms with Gasteiger partial charge in [-0.3, -0.25) is 0 Å². The van der Waals surface area contributed by atoms with Gasteiger partial charge >= 0.3 is 0 Å². The topological polar surface area (TPSA) is 169 Å². The largest absolute Gasteiger partial charge is 0.394 e. The lowest BCUT2D eigenvalue weighted by atomic mass is 9.90. The zero-order valence-corrected chi connectivity index (χ0v) is 13.3. The van der Waals surface area contributed by atoms with Crippen molar-refractivity contribution in [2.45, 2.75) is 74.1 Å². The summed E-state index contributed by atoms with van der Waals surface area (Å²) in [6.45, 7) is -0.527. The molecule has 2 fully saturated rings. The van der Waals surface area contributed by atoms with Crippen LogP contribution in [0.5, 0.6) is 0 Å². The van der Waals surface area contributed by atoms with E-state index in [1.165, 1.54) is 7.11 Å². The van der Waals surface area contributed by atoms with Crippen LogP contribution in [0.3, 0.4) is 0 Å². The summed E-state index contributed by atoms with van der Waals surface area (Å²) in [6, 6.07) is 0. The molecule has 2 rings (SSSR count). The maximum Gasteiger partial charge on any atom is 0.186 e. The van der Waals surface area contributed by atoms with Gasteiger partial charge in [0, 0.05) is 7.11 Å². The Bertz CT molecular complexity index is 356. The van der Waals surface area contributed by atoms with E-state index in [4.69, 9.17) is 19.3 Å². The molecule has 10 heteroatoms. The SMILES string of the molecule is CO[C@H]1O[C@H](CCC2OC(CO)[C@@H](O)[C@H](O)[C@H]2O)[C@@H](O)[C@H](O)[C@H]1O. The molecule has 2 aliphatic rings. The maximum atomic E-state index is 9.99. The predicted octanol–water partition coefficient (Wildman–Crippen LogP) is -3.94. The number of hydrogen-bond acceptors (Lipinski definition) is 10. The van der Waals surface area contributed by atoms with Crippen LogP contribution in [-0.4, -0.2) is 111 Å². The summed E-state index contributed by atoms with van der Waals surface area (Å²) in [6.07, 6.45) is -12.2. The summed E-state index contributed by atoms with van der Waals surface area (Å²) in [5.41, 5.74) is 0. The van der Waals surface area contributed by atoms with E-state index in [0.717, 1.165) is 0 Å². The van der Waals surface area contributed by atoms with E-state index in [9.17, 15) is 30.6 Å². The Morgan fingerprint density at radius 2 is 1.12 bits per heavy atom. The second-order valence-electron chi connectivity index (χ2n) is 6.20. The Balaban J connectivity index is 1.96. The van der Waals surface area contributed by atoms with Gasteiger partial charge in [0.1, 0.15) is 42.7 Å². The number of aliphatic hydroxyl groups is 7. The molecule has 0 aliphatic carbocycles. The van der Waals surface area contributed by atoms with Crippen molar-refractivity contribution in [1.82, 2.24) is 0 Å². The van der Waals surface area contributed by atoms with Crippen LogP contribution in [0.2, 0.25) is 0 Å². The Hall–Kier alpha value is -0.400. The van der Waals surface area contributed by atoms with E-state index >= 15 is 0 Å². The van der Waals surface area contributed by atoms with Crippen LogP contribution in [0.1, 0.15) is 12.8 Å². The van der Waals surface area contributed by atoms with Crippen molar-refractivity contribution < 1.29 is 50.0 Å². The number of aliphatic hydroxyl groups excluding tert-OH is 7. The van der Waals surface area contributed by atoms with Crippen molar-refractivity contribution in [3.8, 4) is 0 Å². The van der Waals surface area contributed by atoms with Gasteiger partial charge in [0.25, 0.3) is 0 Å². The van der Waals surface area contributed by atoms with E-state index in [1.54, 1.807) is 0 Å². The Kier molecular flexibility index (Phi) is 6.90. The Morgan fingerprint density at radius 3 is 1.62 bits per heavy atom. The minimum atomic E-state index is -1.47. The summed E-state index contributed by atoms with van der Waals surface area (Å²) in [7, 11) is 1.28. The maximum absolute atomic E-state index is 9.99. The lowest BCUT2D eigenvalue weighted by Gasteiger charge is -2.42. The van der Waals surface area contributed by atoms with E-state index in [1.807, 2.05) is 0 Å². The molecule has 7 N–H and O–H groups in total. The highest BCUT2D eigenvalue weighted by molar-refractivity contribution is 4.94. The molecule has 10 atom stereocenters. The first-order chi connectivity index (χ1) is 11.3. The van der Waals surface area contributed by atoms with Gasteiger partial charge in [0.2, 0.25) is 0 Å². The average Bonchev–Trinajstić information content (AvgIpc) is 2.58. The van der Waals surface area contributed by atoms with Crippen LogP contribution in [0.15, 0.2) is 0 Å². The first kappa shape index (κ1) is 19.9. The molecule has 142 valence electrons. The first-order valence-corrected chi connectivity index (χ1v) is 7.84. The highest BCUT2D eigenvalue weighted by Crippen LogP contribution is 2.28. The fraction of sp³-hybridized carbons (Fsp3) is 1.00. The smallest absolute Gasteiger partial charge is 0.186 e. The highest BCUT2D eigenvalue weighted by Gasteiger charge is 2.46. The summed E-state index contributed by atoms with van der Waals surface area (Å²) in [5, 5.41) is 68.1. The second-order valence-corrected chi connectivity index (χ2v) is 6.20. The molecule has 2 saturated heterocycles. The molecule has 0 radical (unpaired) electrons. The van der Waals surface area contributed by atoms with Gasteiger partial charge in [0.15, 0.2) is 6.29 Å². The minimum absolute atomic E-state index is 0.114. The molecule has 2 unspecified atom stereocenters. The van der Waals surface area contributed by atoms with Gasteiger partial charge < -0.3 is 50.0 Å². The fourth-order valence-corrected chi connectivity index (χ4v) is 3.10. The van der Waals surface area contributed by atoms with Crippen LogP contribution in [-0.2, 0) is 14.2 Å². The van der Waals surface area contributed by atoms with Crippen LogP contribution in [0.4, 0.5) is 0 Å². The van der Waals surface area contributed by atoms with Crippen molar-refractivity contribution in [3.05, 3.63) is 0 Å². The average molecular weight is 354 g/mol. The molecule has 2 heterocycles. The second kappa shape index (κ2) is 8.32. The zero-order valence-electron chi connectivity index (χ0n) is 13.3. The number of ether oxygens (including phenoxy) is 3. The van der Waals surface area contributed by atoms with Crippen molar-refractivity contribution in [2.24, 2.45) is 0 Å². The first-order valence-electron chi connectivity index (χ1n) is 7.84. The third-order valence-corrected chi connectivity index (χ3v) is 4.63. The molecule has 0 bridgehead atoms. The van der Waals surface area contributed by atoms with Gasteiger partial charge in [-0.1, -0.05) is 0 Å². The molecular formula is C14H26O10. The van der Waals surface area contributed by atoms with E-state index in [0.29, 0.717) is 0 Å². The summed E-state index contributed by atoms with van der Waals surface area (Å²) in [4.78, 5) is 0. The summed E-state index contributed by atoms with van der Waals surface area (Å²) in [5.74, 6) is 0. The van der Waals surface area contributed by atoms with E-state index in [-0.39, 0.29) is 12.8 Å². The van der Waals surface area contributed by atoms with E-state index in [2.05, 4.69) is 0 Å². The molecule has 0 spiro atoms. The Morgan fingerprint density at radius 1 is 0.667 bits per heavy atom. The molecule has 0 aromatic heterocycles. The van der Waals surface area contributed by atoms with Crippen molar-refractivity contribution >= 4 is 0 Å². The molecule has 0 amide bonds. The van der Waals surface area contributed by atoms with Gasteiger partial charge in [-0.15, -0.1) is 0 Å². The van der Waals surface area contributed by atoms with Crippen molar-refractivity contribution in [2.75, 3.05) is 13.7 Å². The van der Waals surface area contributed by atoms with Gasteiger partial charge in [0.05, 0.1) is 18.8 Å². The normalized spacial score (nSPS) is 50.0. The Labute approximate surface area is 138 Å². The van der Waals surface area contributed by atoms with Crippen LogP contribution in [0.25, 0.3) is 0 Å². The molecule has 0 aromatic carbocycles. The van der Waals surface area contributed by atoms with Gasteiger partial charge in [-0.05, 0) is 12.8 Å². The predicted molar refractivity (Wildman–Crippen MR) is 76.7 cm³/mol. The van der Waals surface area contributed by atoms with Crippen molar-refractivity contribution in [3.63, 3.8) is 0 Å². The molecule has 2 aliphatic heterocycles. The fourth-order valence-electron chi connectivity index (χ4n) is 3.10. The molecule has 10 nitrogen and oxygen atoms in total. The van der Waals surface area contributed by atoms with Gasteiger partial charge in [-0.2, -0.15) is 0 Å². The lowest BCUT2D eigenvalue weighted by Crippen LogP contribution is -2.60. The lowest BCUT2D eigenvalue weighted by molar-refractivity contribution is -0.293. The third-order valence-electron chi connectivity index (χ3n) is 4.63. The van der Waals surface area contributed by atoms with Crippen molar-refractivity contribution in [1.29, 1.82) is 0 Å². The van der Waals surface area contributed by atoms with E-state index < -0.39 is 67.8 Å².